The standard InChI is InChI=1S/C18H19F3N4/c1-12(2)11-25-8-7-23-17(25)10-24-15-5-6-22-16-9-13(18(19,20)21)3-4-14(15)16/h3-9,12H,10-11H2,1-2H3,(H,22,24). The average Bonchev–Trinajstić information content (AvgIpc) is 2.97. The van der Waals surface area contributed by atoms with Gasteiger partial charge in [0, 0.05) is 36.2 Å². The van der Waals surface area contributed by atoms with Crippen LogP contribution in [-0.4, -0.2) is 14.5 Å². The SMILES string of the molecule is CC(C)Cn1ccnc1CNc1ccnc2cc(C(F)(F)F)ccc12. The molecule has 1 N–H and O–H groups in total. The molecule has 1 aromatic carbocycles. The minimum atomic E-state index is -4.37. The number of fused-ring (bicyclic) bond motifs is 1. The molecule has 0 radical (unpaired) electrons. The summed E-state index contributed by atoms with van der Waals surface area (Å²) in [7, 11) is 0. The number of alkyl halides is 3. The van der Waals surface area contributed by atoms with Gasteiger partial charge in [-0.15, -0.1) is 0 Å². The molecule has 2 aromatic heterocycles. The summed E-state index contributed by atoms with van der Waals surface area (Å²) in [6.07, 6.45) is 0.809. The van der Waals surface area contributed by atoms with Crippen LogP contribution in [0.4, 0.5) is 18.9 Å². The Morgan fingerprint density at radius 1 is 1.12 bits per heavy atom. The van der Waals surface area contributed by atoms with Crippen LogP contribution < -0.4 is 5.32 Å². The van der Waals surface area contributed by atoms with Gasteiger partial charge in [0.05, 0.1) is 17.6 Å². The Bertz CT molecular complexity index is 868. The molecule has 0 aliphatic carbocycles. The Labute approximate surface area is 143 Å². The lowest BCUT2D eigenvalue weighted by atomic mass is 10.1. The normalized spacial score (nSPS) is 12.1. The summed E-state index contributed by atoms with van der Waals surface area (Å²) in [6, 6.07) is 5.36. The van der Waals surface area contributed by atoms with Crippen LogP contribution >= 0.6 is 0 Å². The van der Waals surface area contributed by atoms with E-state index in [-0.39, 0.29) is 0 Å². The van der Waals surface area contributed by atoms with Gasteiger partial charge in [-0.05, 0) is 24.1 Å². The van der Waals surface area contributed by atoms with Crippen LogP contribution in [0.25, 0.3) is 10.9 Å². The summed E-state index contributed by atoms with van der Waals surface area (Å²) in [5.41, 5.74) is 0.347. The van der Waals surface area contributed by atoms with Gasteiger partial charge in [0.25, 0.3) is 0 Å². The second-order valence-corrected chi connectivity index (χ2v) is 6.33. The number of anilines is 1. The third-order valence-corrected chi connectivity index (χ3v) is 3.87. The van der Waals surface area contributed by atoms with Gasteiger partial charge in [-0.2, -0.15) is 13.2 Å². The van der Waals surface area contributed by atoms with Crippen LogP contribution in [0.5, 0.6) is 0 Å². The van der Waals surface area contributed by atoms with E-state index in [1.165, 1.54) is 12.3 Å². The Morgan fingerprint density at radius 3 is 2.64 bits per heavy atom. The highest BCUT2D eigenvalue weighted by Crippen LogP contribution is 2.32. The van der Waals surface area contributed by atoms with Crippen molar-refractivity contribution in [3.63, 3.8) is 0 Å². The summed E-state index contributed by atoms with van der Waals surface area (Å²) in [4.78, 5) is 8.40. The van der Waals surface area contributed by atoms with Crippen molar-refractivity contribution in [2.24, 2.45) is 5.92 Å². The molecule has 2 heterocycles. The van der Waals surface area contributed by atoms with E-state index < -0.39 is 11.7 Å². The molecular weight excluding hydrogens is 329 g/mol. The number of pyridine rings is 1. The summed E-state index contributed by atoms with van der Waals surface area (Å²) >= 11 is 0. The van der Waals surface area contributed by atoms with Gasteiger partial charge in [0.1, 0.15) is 5.82 Å². The summed E-state index contributed by atoms with van der Waals surface area (Å²) in [5, 5.41) is 3.91. The molecule has 3 rings (SSSR count). The Hall–Kier alpha value is -2.57. The van der Waals surface area contributed by atoms with E-state index in [9.17, 15) is 13.2 Å². The van der Waals surface area contributed by atoms with E-state index in [0.717, 1.165) is 30.2 Å². The molecule has 0 saturated heterocycles. The van der Waals surface area contributed by atoms with Crippen molar-refractivity contribution >= 4 is 16.6 Å². The predicted octanol–water partition coefficient (Wildman–Crippen LogP) is 4.72. The summed E-state index contributed by atoms with van der Waals surface area (Å²) in [6.45, 7) is 5.61. The second-order valence-electron chi connectivity index (χ2n) is 6.33. The maximum absolute atomic E-state index is 12.8. The topological polar surface area (TPSA) is 42.7 Å². The third kappa shape index (κ3) is 3.92. The minimum absolute atomic E-state index is 0.311. The Morgan fingerprint density at radius 2 is 1.92 bits per heavy atom. The predicted molar refractivity (Wildman–Crippen MR) is 91.1 cm³/mol. The van der Waals surface area contributed by atoms with E-state index in [4.69, 9.17) is 0 Å². The van der Waals surface area contributed by atoms with Crippen LogP contribution in [0.15, 0.2) is 42.9 Å². The third-order valence-electron chi connectivity index (χ3n) is 3.87. The van der Waals surface area contributed by atoms with Gasteiger partial charge < -0.3 is 9.88 Å². The first kappa shape index (κ1) is 17.3. The van der Waals surface area contributed by atoms with Crippen molar-refractivity contribution in [2.75, 3.05) is 5.32 Å². The van der Waals surface area contributed by atoms with Crippen LogP contribution in [0.2, 0.25) is 0 Å². The van der Waals surface area contributed by atoms with Gasteiger partial charge in [-0.3, -0.25) is 4.98 Å². The molecular formula is C18H19F3N4. The number of hydrogen-bond donors (Lipinski definition) is 1. The van der Waals surface area contributed by atoms with Crippen LogP contribution in [0.1, 0.15) is 25.2 Å². The monoisotopic (exact) mass is 348 g/mol. The fourth-order valence-corrected chi connectivity index (χ4v) is 2.72. The zero-order valence-electron chi connectivity index (χ0n) is 14.0. The zero-order chi connectivity index (χ0) is 18.0. The molecule has 0 unspecified atom stereocenters. The molecule has 0 fully saturated rings. The smallest absolute Gasteiger partial charge is 0.377 e. The summed E-state index contributed by atoms with van der Waals surface area (Å²) in [5.74, 6) is 1.38. The molecule has 3 aromatic rings. The molecule has 0 aliphatic rings. The Kier molecular flexibility index (Phi) is 4.65. The molecule has 0 spiro atoms. The molecule has 7 heteroatoms. The van der Waals surface area contributed by atoms with Crippen LogP contribution in [0, 0.1) is 5.92 Å². The van der Waals surface area contributed by atoms with Crippen molar-refractivity contribution in [2.45, 2.75) is 33.1 Å². The summed E-state index contributed by atoms with van der Waals surface area (Å²) < 4.78 is 40.6. The molecule has 4 nitrogen and oxygen atoms in total. The molecule has 132 valence electrons. The molecule has 0 amide bonds. The van der Waals surface area contributed by atoms with E-state index in [1.807, 2.05) is 6.20 Å². The van der Waals surface area contributed by atoms with E-state index >= 15 is 0 Å². The molecule has 0 atom stereocenters. The van der Waals surface area contributed by atoms with E-state index in [2.05, 4.69) is 33.7 Å². The fourth-order valence-electron chi connectivity index (χ4n) is 2.72. The second kappa shape index (κ2) is 6.74. The quantitative estimate of drug-likeness (QED) is 0.726. The van der Waals surface area contributed by atoms with Crippen molar-refractivity contribution in [1.82, 2.24) is 14.5 Å². The van der Waals surface area contributed by atoms with Crippen LogP contribution in [0.3, 0.4) is 0 Å². The molecule has 25 heavy (non-hydrogen) atoms. The first-order valence-corrected chi connectivity index (χ1v) is 8.04. The molecule has 0 bridgehead atoms. The van der Waals surface area contributed by atoms with Gasteiger partial charge >= 0.3 is 6.18 Å². The highest BCUT2D eigenvalue weighted by atomic mass is 19.4. The van der Waals surface area contributed by atoms with Gasteiger partial charge in [0.2, 0.25) is 0 Å². The van der Waals surface area contributed by atoms with Crippen molar-refractivity contribution in [3.8, 4) is 0 Å². The minimum Gasteiger partial charge on any atom is -0.377 e. The van der Waals surface area contributed by atoms with Gasteiger partial charge in [-0.1, -0.05) is 19.9 Å². The number of hydrogen-bond acceptors (Lipinski definition) is 3. The Balaban J connectivity index is 1.84. The highest BCUT2D eigenvalue weighted by molar-refractivity contribution is 5.91. The van der Waals surface area contributed by atoms with Crippen LogP contribution in [-0.2, 0) is 19.3 Å². The highest BCUT2D eigenvalue weighted by Gasteiger charge is 2.30. The van der Waals surface area contributed by atoms with Crippen molar-refractivity contribution < 1.29 is 13.2 Å². The number of rotatable bonds is 5. The first-order chi connectivity index (χ1) is 11.8. The molecule has 0 saturated carbocycles. The average molecular weight is 348 g/mol. The lowest BCUT2D eigenvalue weighted by Crippen LogP contribution is -2.11. The number of aromatic nitrogens is 3. The number of halogens is 3. The molecule has 0 aliphatic heterocycles. The largest absolute Gasteiger partial charge is 0.416 e. The van der Waals surface area contributed by atoms with E-state index in [0.29, 0.717) is 23.4 Å². The zero-order valence-corrected chi connectivity index (χ0v) is 14.0. The fraction of sp³-hybridized carbons (Fsp3) is 0.333. The maximum Gasteiger partial charge on any atom is 0.416 e. The number of imidazole rings is 1. The van der Waals surface area contributed by atoms with Gasteiger partial charge in [0.15, 0.2) is 0 Å². The number of nitrogens with zero attached hydrogens (tertiary/aromatic N) is 3. The van der Waals surface area contributed by atoms with E-state index in [1.54, 1.807) is 12.3 Å². The van der Waals surface area contributed by atoms with Crippen molar-refractivity contribution in [3.05, 3.63) is 54.2 Å². The lowest BCUT2D eigenvalue weighted by Gasteiger charge is -2.13. The number of benzene rings is 1. The maximum atomic E-state index is 12.8. The lowest BCUT2D eigenvalue weighted by molar-refractivity contribution is -0.137. The van der Waals surface area contributed by atoms with Gasteiger partial charge in [-0.25, -0.2) is 4.98 Å². The van der Waals surface area contributed by atoms with Crippen molar-refractivity contribution in [1.29, 1.82) is 0 Å². The number of nitrogens with one attached hydrogen (secondary N) is 1. The first-order valence-electron chi connectivity index (χ1n) is 8.04.